The molecule has 3 aromatic rings. The van der Waals surface area contributed by atoms with E-state index in [0.717, 1.165) is 22.4 Å². The maximum atomic E-state index is 13.0. The molecule has 8 heteroatoms. The fraction of sp³-hybridized carbons (Fsp3) is 0.190. The van der Waals surface area contributed by atoms with Crippen LogP contribution in [-0.2, 0) is 12.6 Å². The van der Waals surface area contributed by atoms with Gasteiger partial charge in [-0.1, -0.05) is 12.1 Å². The molecule has 0 saturated heterocycles. The Hall–Kier alpha value is -3.42. The van der Waals surface area contributed by atoms with Crippen molar-refractivity contribution < 1.29 is 18.0 Å². The van der Waals surface area contributed by atoms with Gasteiger partial charge >= 0.3 is 6.18 Å². The van der Waals surface area contributed by atoms with E-state index < -0.39 is 23.2 Å². The summed E-state index contributed by atoms with van der Waals surface area (Å²) in [5, 5.41) is 2.65. The summed E-state index contributed by atoms with van der Waals surface area (Å²) >= 11 is 0. The predicted octanol–water partition coefficient (Wildman–Crippen LogP) is 3.53. The van der Waals surface area contributed by atoms with Crippen LogP contribution >= 0.6 is 0 Å². The Morgan fingerprint density at radius 2 is 1.90 bits per heavy atom. The Balaban J connectivity index is 1.85. The van der Waals surface area contributed by atoms with Crippen LogP contribution in [0.2, 0.25) is 0 Å². The molecule has 0 saturated carbocycles. The molecule has 0 spiro atoms. The van der Waals surface area contributed by atoms with Crippen molar-refractivity contribution in [2.24, 2.45) is 0 Å². The number of benzene rings is 1. The number of halogens is 3. The maximum absolute atomic E-state index is 13.0. The first-order valence-electron chi connectivity index (χ1n) is 8.86. The molecule has 0 atom stereocenters. The second kappa shape index (κ2) is 8.30. The normalized spacial score (nSPS) is 11.3. The van der Waals surface area contributed by atoms with Crippen molar-refractivity contribution in [3.63, 3.8) is 0 Å². The van der Waals surface area contributed by atoms with Crippen molar-refractivity contribution in [2.45, 2.75) is 19.5 Å². The van der Waals surface area contributed by atoms with Crippen LogP contribution in [0.4, 0.5) is 13.2 Å². The molecule has 1 aromatic carbocycles. The summed E-state index contributed by atoms with van der Waals surface area (Å²) in [6, 6.07) is 12.8. The Labute approximate surface area is 164 Å². The summed E-state index contributed by atoms with van der Waals surface area (Å²) in [6.07, 6.45) is -2.40. The Morgan fingerprint density at radius 1 is 1.10 bits per heavy atom. The number of hydrogen-bond acceptors (Lipinski definition) is 3. The molecule has 2 heterocycles. The van der Waals surface area contributed by atoms with Crippen molar-refractivity contribution in [2.75, 3.05) is 6.54 Å². The monoisotopic (exact) mass is 401 g/mol. The summed E-state index contributed by atoms with van der Waals surface area (Å²) < 4.78 is 40.1. The van der Waals surface area contributed by atoms with Crippen LogP contribution in [0.3, 0.4) is 0 Å². The van der Waals surface area contributed by atoms with E-state index >= 15 is 0 Å². The Kier molecular flexibility index (Phi) is 5.81. The van der Waals surface area contributed by atoms with E-state index in [1.54, 1.807) is 19.2 Å². The van der Waals surface area contributed by atoms with Crippen molar-refractivity contribution in [1.29, 1.82) is 0 Å². The van der Waals surface area contributed by atoms with Crippen molar-refractivity contribution in [1.82, 2.24) is 14.9 Å². The van der Waals surface area contributed by atoms with Crippen LogP contribution in [0.1, 0.15) is 27.3 Å². The molecule has 0 fully saturated rings. The first-order chi connectivity index (χ1) is 13.8. The zero-order valence-electron chi connectivity index (χ0n) is 15.5. The van der Waals surface area contributed by atoms with Crippen molar-refractivity contribution in [3.05, 3.63) is 93.7 Å². The van der Waals surface area contributed by atoms with E-state index in [0.29, 0.717) is 12.1 Å². The largest absolute Gasteiger partial charge is 0.416 e. The van der Waals surface area contributed by atoms with Gasteiger partial charge in [-0.2, -0.15) is 13.2 Å². The minimum Gasteiger partial charge on any atom is -0.351 e. The van der Waals surface area contributed by atoms with Gasteiger partial charge in [0.05, 0.1) is 5.56 Å². The van der Waals surface area contributed by atoms with Gasteiger partial charge in [-0.05, 0) is 49.4 Å². The van der Waals surface area contributed by atoms with Crippen LogP contribution in [0.5, 0.6) is 0 Å². The molecule has 0 unspecified atom stereocenters. The molecule has 3 rings (SSSR count). The molecule has 0 bridgehead atoms. The number of carbonyl (C=O) groups excluding carboxylic acids is 1. The van der Waals surface area contributed by atoms with Crippen LogP contribution in [0, 0.1) is 6.92 Å². The van der Waals surface area contributed by atoms with Gasteiger partial charge < -0.3 is 5.32 Å². The van der Waals surface area contributed by atoms with E-state index in [-0.39, 0.29) is 17.8 Å². The fourth-order valence-electron chi connectivity index (χ4n) is 2.89. The second-order valence-electron chi connectivity index (χ2n) is 6.40. The van der Waals surface area contributed by atoms with Crippen molar-refractivity contribution in [3.8, 4) is 5.69 Å². The molecule has 5 nitrogen and oxygen atoms in total. The van der Waals surface area contributed by atoms with Crippen LogP contribution < -0.4 is 10.9 Å². The van der Waals surface area contributed by atoms with Gasteiger partial charge in [0.25, 0.3) is 11.5 Å². The quantitative estimate of drug-likeness (QED) is 0.711. The zero-order chi connectivity index (χ0) is 21.0. The van der Waals surface area contributed by atoms with E-state index in [2.05, 4.69) is 10.3 Å². The number of aromatic nitrogens is 2. The maximum Gasteiger partial charge on any atom is 0.416 e. The highest BCUT2D eigenvalue weighted by molar-refractivity contribution is 5.93. The molecule has 0 aliphatic heterocycles. The molecule has 0 aliphatic carbocycles. The Morgan fingerprint density at radius 3 is 2.59 bits per heavy atom. The number of amides is 1. The van der Waals surface area contributed by atoms with Gasteiger partial charge in [-0.25, -0.2) is 0 Å². The lowest BCUT2D eigenvalue weighted by molar-refractivity contribution is -0.137. The minimum absolute atomic E-state index is 0.0467. The fourth-order valence-corrected chi connectivity index (χ4v) is 2.89. The van der Waals surface area contributed by atoms with E-state index in [1.165, 1.54) is 24.3 Å². The van der Waals surface area contributed by atoms with Gasteiger partial charge in [-0.3, -0.25) is 19.1 Å². The van der Waals surface area contributed by atoms with E-state index in [1.807, 2.05) is 12.1 Å². The van der Waals surface area contributed by atoms with E-state index in [4.69, 9.17) is 0 Å². The highest BCUT2D eigenvalue weighted by atomic mass is 19.4. The molecular formula is C21H18F3N3O2. The third-order valence-electron chi connectivity index (χ3n) is 4.35. The average Bonchev–Trinajstić information content (AvgIpc) is 2.68. The van der Waals surface area contributed by atoms with E-state index in [9.17, 15) is 22.8 Å². The molecule has 2 aromatic heterocycles. The predicted molar refractivity (Wildman–Crippen MR) is 102 cm³/mol. The summed E-state index contributed by atoms with van der Waals surface area (Å²) in [7, 11) is 0. The van der Waals surface area contributed by atoms with Gasteiger partial charge in [0.1, 0.15) is 5.56 Å². The van der Waals surface area contributed by atoms with Gasteiger partial charge in [0.2, 0.25) is 0 Å². The van der Waals surface area contributed by atoms with Gasteiger partial charge in [0.15, 0.2) is 0 Å². The molecule has 150 valence electrons. The standard InChI is InChI=1S/C21H18F3N3O2/c1-14-8-9-18(19(28)26-12-10-16-6-2-3-11-25-16)20(29)27(14)17-7-4-5-15(13-17)21(22,23)24/h2-9,11,13H,10,12H2,1H3,(H,26,28). The number of nitrogens with one attached hydrogen (secondary N) is 1. The lowest BCUT2D eigenvalue weighted by atomic mass is 10.1. The average molecular weight is 401 g/mol. The molecule has 1 amide bonds. The summed E-state index contributed by atoms with van der Waals surface area (Å²) in [6.45, 7) is 1.86. The smallest absolute Gasteiger partial charge is 0.351 e. The van der Waals surface area contributed by atoms with Crippen LogP contribution in [-0.4, -0.2) is 22.0 Å². The van der Waals surface area contributed by atoms with Gasteiger partial charge in [-0.15, -0.1) is 0 Å². The second-order valence-corrected chi connectivity index (χ2v) is 6.40. The number of nitrogens with zero attached hydrogens (tertiary/aromatic N) is 2. The topological polar surface area (TPSA) is 64.0 Å². The molecule has 0 aliphatic rings. The summed E-state index contributed by atoms with van der Waals surface area (Å²) in [5.74, 6) is -0.591. The molecular weight excluding hydrogens is 383 g/mol. The molecule has 1 N–H and O–H groups in total. The number of pyridine rings is 2. The molecule has 29 heavy (non-hydrogen) atoms. The summed E-state index contributed by atoms with van der Waals surface area (Å²) in [5.41, 5.74) is -0.442. The summed E-state index contributed by atoms with van der Waals surface area (Å²) in [4.78, 5) is 29.4. The third-order valence-corrected chi connectivity index (χ3v) is 4.35. The number of rotatable bonds is 5. The van der Waals surface area contributed by atoms with Crippen molar-refractivity contribution >= 4 is 5.91 Å². The first-order valence-corrected chi connectivity index (χ1v) is 8.86. The number of carbonyl (C=O) groups is 1. The number of alkyl halides is 3. The number of aryl methyl sites for hydroxylation is 1. The minimum atomic E-state index is -4.53. The highest BCUT2D eigenvalue weighted by Gasteiger charge is 2.30. The zero-order valence-corrected chi connectivity index (χ0v) is 15.5. The Bertz CT molecular complexity index is 1080. The third kappa shape index (κ3) is 4.71. The highest BCUT2D eigenvalue weighted by Crippen LogP contribution is 2.30. The lowest BCUT2D eigenvalue weighted by Gasteiger charge is -2.14. The first kappa shape index (κ1) is 20.3. The lowest BCUT2D eigenvalue weighted by Crippen LogP contribution is -2.34. The SMILES string of the molecule is Cc1ccc(C(=O)NCCc2ccccn2)c(=O)n1-c1cccc(C(F)(F)F)c1. The molecule has 0 radical (unpaired) electrons. The van der Waals surface area contributed by atoms with Gasteiger partial charge in [0, 0.05) is 36.2 Å². The van der Waals surface area contributed by atoms with Crippen LogP contribution in [0.15, 0.2) is 65.6 Å². The number of hydrogen-bond donors (Lipinski definition) is 1. The van der Waals surface area contributed by atoms with Crippen LogP contribution in [0.25, 0.3) is 5.69 Å².